The van der Waals surface area contributed by atoms with Crippen molar-refractivity contribution < 1.29 is 23.8 Å². The summed E-state index contributed by atoms with van der Waals surface area (Å²) in [6, 6.07) is 10.9. The number of benzene rings is 2. The molecule has 162 valence electrons. The zero-order chi connectivity index (χ0) is 22.1. The summed E-state index contributed by atoms with van der Waals surface area (Å²) in [6.45, 7) is 1.16. The van der Waals surface area contributed by atoms with E-state index >= 15 is 0 Å². The molecule has 0 fully saturated rings. The molecule has 30 heavy (non-hydrogen) atoms. The lowest BCUT2D eigenvalue weighted by atomic mass is 10.1. The molecule has 2 rings (SSSR count). The first kappa shape index (κ1) is 23.0. The van der Waals surface area contributed by atoms with Crippen LogP contribution in [0.15, 0.2) is 36.4 Å². The third kappa shape index (κ3) is 6.12. The van der Waals surface area contributed by atoms with Crippen molar-refractivity contribution in [3.8, 4) is 17.2 Å². The van der Waals surface area contributed by atoms with Crippen LogP contribution in [0.25, 0.3) is 0 Å². The average molecular weight is 415 g/mol. The van der Waals surface area contributed by atoms with Gasteiger partial charge in [-0.1, -0.05) is 12.1 Å². The Morgan fingerprint density at radius 2 is 1.53 bits per heavy atom. The van der Waals surface area contributed by atoms with E-state index in [0.29, 0.717) is 35.9 Å². The van der Waals surface area contributed by atoms with Gasteiger partial charge in [-0.15, -0.1) is 0 Å². The Balaban J connectivity index is 1.90. The van der Waals surface area contributed by atoms with Gasteiger partial charge in [0.2, 0.25) is 11.7 Å². The zero-order valence-electron chi connectivity index (χ0n) is 18.1. The number of hydrogen-bond acceptors (Lipinski definition) is 6. The molecule has 0 bridgehead atoms. The van der Waals surface area contributed by atoms with Gasteiger partial charge >= 0.3 is 0 Å². The van der Waals surface area contributed by atoms with Gasteiger partial charge in [-0.25, -0.2) is 0 Å². The van der Waals surface area contributed by atoms with Crippen LogP contribution in [0.5, 0.6) is 17.2 Å². The van der Waals surface area contributed by atoms with Gasteiger partial charge < -0.3 is 24.8 Å². The maximum Gasteiger partial charge on any atom is 0.251 e. The molecular weight excluding hydrogens is 386 g/mol. The highest BCUT2D eigenvalue weighted by molar-refractivity contribution is 5.93. The van der Waals surface area contributed by atoms with Crippen LogP contribution >= 0.6 is 0 Å². The van der Waals surface area contributed by atoms with Crippen LogP contribution in [-0.2, 0) is 17.9 Å². The first-order valence-corrected chi connectivity index (χ1v) is 9.47. The normalized spacial score (nSPS) is 10.5. The van der Waals surface area contributed by atoms with Crippen LogP contribution in [0.3, 0.4) is 0 Å². The number of carbonyl (C=O) groups is 2. The molecular formula is C22H29N3O5. The van der Waals surface area contributed by atoms with Gasteiger partial charge in [0.05, 0.1) is 27.9 Å². The third-order valence-electron chi connectivity index (χ3n) is 4.52. The fourth-order valence-electron chi connectivity index (χ4n) is 3.01. The van der Waals surface area contributed by atoms with Gasteiger partial charge in [0.15, 0.2) is 11.5 Å². The van der Waals surface area contributed by atoms with Crippen molar-refractivity contribution in [1.82, 2.24) is 15.5 Å². The summed E-state index contributed by atoms with van der Waals surface area (Å²) in [5.41, 5.74) is 2.46. The van der Waals surface area contributed by atoms with E-state index < -0.39 is 0 Å². The molecule has 8 nitrogen and oxygen atoms in total. The summed E-state index contributed by atoms with van der Waals surface area (Å²) < 4.78 is 16.0. The minimum Gasteiger partial charge on any atom is -0.493 e. The quantitative estimate of drug-likeness (QED) is 0.615. The lowest BCUT2D eigenvalue weighted by Gasteiger charge is -2.17. The van der Waals surface area contributed by atoms with Crippen LogP contribution in [0.2, 0.25) is 0 Å². The fraction of sp³-hybridized carbons (Fsp3) is 0.364. The molecule has 0 unspecified atom stereocenters. The van der Waals surface area contributed by atoms with E-state index in [1.807, 2.05) is 24.1 Å². The molecule has 0 aliphatic carbocycles. The van der Waals surface area contributed by atoms with Crippen molar-refractivity contribution in [2.75, 3.05) is 42.0 Å². The van der Waals surface area contributed by atoms with E-state index in [1.54, 1.807) is 52.6 Å². The number of nitrogens with zero attached hydrogens (tertiary/aromatic N) is 1. The van der Waals surface area contributed by atoms with Gasteiger partial charge in [-0.05, 0) is 42.4 Å². The van der Waals surface area contributed by atoms with E-state index in [2.05, 4.69) is 10.6 Å². The number of carbonyl (C=O) groups excluding carboxylic acids is 2. The second kappa shape index (κ2) is 11.1. The Morgan fingerprint density at radius 1 is 0.933 bits per heavy atom. The summed E-state index contributed by atoms with van der Waals surface area (Å²) in [5, 5.41) is 5.49. The molecule has 0 saturated carbocycles. The molecule has 0 aliphatic heterocycles. The molecule has 0 aliphatic rings. The molecule has 0 heterocycles. The van der Waals surface area contributed by atoms with Gasteiger partial charge in [-0.2, -0.15) is 0 Å². The molecule has 0 aromatic heterocycles. The first-order chi connectivity index (χ1) is 14.4. The van der Waals surface area contributed by atoms with Crippen LogP contribution in [0.4, 0.5) is 0 Å². The Labute approximate surface area is 177 Å². The zero-order valence-corrected chi connectivity index (χ0v) is 18.1. The number of hydrogen-bond donors (Lipinski definition) is 2. The topological polar surface area (TPSA) is 89.1 Å². The predicted molar refractivity (Wildman–Crippen MR) is 114 cm³/mol. The maximum absolute atomic E-state index is 12.3. The van der Waals surface area contributed by atoms with Gasteiger partial charge in [-0.3, -0.25) is 14.5 Å². The molecule has 2 aromatic carbocycles. The molecule has 8 heteroatoms. The summed E-state index contributed by atoms with van der Waals surface area (Å²) in [6.07, 6.45) is 0. The number of methoxy groups -OCH3 is 3. The molecule has 0 spiro atoms. The molecule has 0 saturated heterocycles. The number of rotatable bonds is 10. The summed E-state index contributed by atoms with van der Waals surface area (Å²) >= 11 is 0. The summed E-state index contributed by atoms with van der Waals surface area (Å²) in [5.74, 6) is 1.36. The fourth-order valence-corrected chi connectivity index (χ4v) is 3.01. The molecule has 2 amide bonds. The SMILES string of the molecule is CNC(=O)c1ccc(CN(C)CC(=O)NCc2cc(OC)c(OC)c(OC)c2)cc1. The lowest BCUT2D eigenvalue weighted by Crippen LogP contribution is -2.34. The van der Waals surface area contributed by atoms with Gasteiger partial charge in [0.1, 0.15) is 0 Å². The van der Waals surface area contributed by atoms with Crippen LogP contribution in [-0.4, -0.2) is 58.7 Å². The number of amides is 2. The highest BCUT2D eigenvalue weighted by Crippen LogP contribution is 2.38. The van der Waals surface area contributed by atoms with Crippen molar-refractivity contribution >= 4 is 11.8 Å². The monoisotopic (exact) mass is 415 g/mol. The number of nitrogens with one attached hydrogen (secondary N) is 2. The molecule has 0 radical (unpaired) electrons. The van der Waals surface area contributed by atoms with E-state index in [0.717, 1.165) is 11.1 Å². The van der Waals surface area contributed by atoms with Gasteiger partial charge in [0, 0.05) is 25.7 Å². The summed E-state index contributed by atoms with van der Waals surface area (Å²) in [7, 11) is 8.11. The average Bonchev–Trinajstić information content (AvgIpc) is 2.76. The Hall–Kier alpha value is -3.26. The largest absolute Gasteiger partial charge is 0.493 e. The van der Waals surface area contributed by atoms with Crippen LogP contribution in [0.1, 0.15) is 21.5 Å². The third-order valence-corrected chi connectivity index (χ3v) is 4.52. The highest BCUT2D eigenvalue weighted by Gasteiger charge is 2.14. The van der Waals surface area contributed by atoms with E-state index in [4.69, 9.17) is 14.2 Å². The van der Waals surface area contributed by atoms with Crippen molar-refractivity contribution in [2.45, 2.75) is 13.1 Å². The van der Waals surface area contributed by atoms with Crippen molar-refractivity contribution in [3.05, 3.63) is 53.1 Å². The van der Waals surface area contributed by atoms with Crippen molar-refractivity contribution in [1.29, 1.82) is 0 Å². The van der Waals surface area contributed by atoms with Crippen LogP contribution < -0.4 is 24.8 Å². The predicted octanol–water partition coefficient (Wildman–Crippen LogP) is 1.82. The minimum atomic E-state index is -0.124. The molecule has 2 N–H and O–H groups in total. The smallest absolute Gasteiger partial charge is 0.251 e. The first-order valence-electron chi connectivity index (χ1n) is 9.47. The van der Waals surface area contributed by atoms with Crippen molar-refractivity contribution in [2.24, 2.45) is 0 Å². The number of ether oxygens (including phenoxy) is 3. The molecule has 2 aromatic rings. The second-order valence-electron chi connectivity index (χ2n) is 6.76. The van der Waals surface area contributed by atoms with E-state index in [-0.39, 0.29) is 18.4 Å². The molecule has 0 atom stereocenters. The lowest BCUT2D eigenvalue weighted by molar-refractivity contribution is -0.122. The number of likely N-dealkylation sites (N-methyl/N-ethyl adjacent to an activating group) is 1. The van der Waals surface area contributed by atoms with E-state index in [9.17, 15) is 9.59 Å². The maximum atomic E-state index is 12.3. The standard InChI is InChI=1S/C22H29N3O5/c1-23-22(27)17-8-6-15(7-9-17)13-25(2)14-20(26)24-12-16-10-18(28-3)21(30-5)19(11-16)29-4/h6-11H,12-14H2,1-5H3,(H,23,27)(H,24,26). The Morgan fingerprint density at radius 3 is 2.03 bits per heavy atom. The van der Waals surface area contributed by atoms with E-state index in [1.165, 1.54) is 0 Å². The second-order valence-corrected chi connectivity index (χ2v) is 6.76. The van der Waals surface area contributed by atoms with Crippen LogP contribution in [0, 0.1) is 0 Å². The Bertz CT molecular complexity index is 843. The minimum absolute atomic E-state index is 0.103. The van der Waals surface area contributed by atoms with Crippen molar-refractivity contribution in [3.63, 3.8) is 0 Å². The highest BCUT2D eigenvalue weighted by atomic mass is 16.5. The Kier molecular flexibility index (Phi) is 8.49. The van der Waals surface area contributed by atoms with Gasteiger partial charge in [0.25, 0.3) is 5.91 Å². The summed E-state index contributed by atoms with van der Waals surface area (Å²) in [4.78, 5) is 25.8.